The Morgan fingerprint density at radius 1 is 1.00 bits per heavy atom. The molecule has 0 bridgehead atoms. The monoisotopic (exact) mass is 543 g/mol. The van der Waals surface area contributed by atoms with Crippen LogP contribution < -0.4 is 5.06 Å². The van der Waals surface area contributed by atoms with E-state index in [0.717, 1.165) is 56.2 Å². The predicted octanol–water partition coefficient (Wildman–Crippen LogP) is 7.22. The van der Waals surface area contributed by atoms with E-state index in [-0.39, 0.29) is 40.6 Å². The van der Waals surface area contributed by atoms with E-state index in [1.54, 1.807) is 13.2 Å². The van der Waals surface area contributed by atoms with Gasteiger partial charge >= 0.3 is 5.97 Å². The molecule has 4 aliphatic carbocycles. The Labute approximate surface area is 237 Å². The van der Waals surface area contributed by atoms with E-state index >= 15 is 0 Å². The number of para-hydroxylation sites is 1. The summed E-state index contributed by atoms with van der Waals surface area (Å²) in [4.78, 5) is 32.7. The summed E-state index contributed by atoms with van der Waals surface area (Å²) in [6.45, 7) is 8.08. The molecule has 9 atom stereocenters. The van der Waals surface area contributed by atoms with Crippen molar-refractivity contribution in [2.24, 2.45) is 34.5 Å². The zero-order chi connectivity index (χ0) is 27.9. The predicted molar refractivity (Wildman–Crippen MR) is 151 cm³/mol. The second-order valence-corrected chi connectivity index (χ2v) is 13.6. The third-order valence-corrected chi connectivity index (χ3v) is 12.0. The summed E-state index contributed by atoms with van der Waals surface area (Å²) < 4.78 is 11.2. The second-order valence-electron chi connectivity index (χ2n) is 13.6. The van der Waals surface area contributed by atoms with E-state index in [4.69, 9.17) is 14.0 Å². The first kappa shape index (κ1) is 26.1. The number of carbonyl (C=O) groups excluding carboxylic acids is 2. The van der Waals surface area contributed by atoms with Crippen molar-refractivity contribution in [3.63, 3.8) is 0 Å². The van der Waals surface area contributed by atoms with Gasteiger partial charge in [0.2, 0.25) is 0 Å². The van der Waals surface area contributed by atoms with Gasteiger partial charge in [0.1, 0.15) is 6.10 Å². The lowest BCUT2D eigenvalue weighted by Crippen LogP contribution is -2.58. The van der Waals surface area contributed by atoms with Crippen LogP contribution in [0.2, 0.25) is 0 Å². The van der Waals surface area contributed by atoms with Gasteiger partial charge in [0.25, 0.3) is 0 Å². The summed E-state index contributed by atoms with van der Waals surface area (Å²) >= 11 is 0. The number of Topliss-reactive ketones (excluding diaryl/α,β-unsaturated/α-hetero) is 1. The van der Waals surface area contributed by atoms with Gasteiger partial charge in [0, 0.05) is 30.2 Å². The number of hydrogen-bond donors (Lipinski definition) is 0. The van der Waals surface area contributed by atoms with Gasteiger partial charge in [0.05, 0.1) is 24.3 Å². The molecule has 0 spiro atoms. The standard InChI is InChI=1S/C34H41NO5/c1-21(36)34-30(31(23-14-17-38-20-23)35(40-34)25-8-6-5-7-9-25)19-29-27-11-10-24-18-26(39-22(2)37)12-15-32(24,3)28(27)13-16-33(29,34)4/h5-10,14,17,20,26-31H,11-13,15-16,18-19H2,1-4H3/t26-,27+,28-,29-,30-,31-,32-,33-,34+/m0/s1. The average Bonchev–Trinajstić information content (AvgIpc) is 3.63. The van der Waals surface area contributed by atoms with Crippen LogP contribution in [0.3, 0.4) is 0 Å². The Kier molecular flexibility index (Phi) is 5.91. The zero-order valence-electron chi connectivity index (χ0n) is 24.1. The zero-order valence-corrected chi connectivity index (χ0v) is 24.1. The van der Waals surface area contributed by atoms with Crippen molar-refractivity contribution < 1.29 is 23.6 Å². The molecule has 2 heterocycles. The van der Waals surface area contributed by atoms with Crippen molar-refractivity contribution in [3.05, 3.63) is 66.1 Å². The maximum atomic E-state index is 13.9. The number of ketones is 1. The smallest absolute Gasteiger partial charge is 0.302 e. The Hall–Kier alpha value is -2.86. The van der Waals surface area contributed by atoms with Crippen LogP contribution in [0.25, 0.3) is 0 Å². The van der Waals surface area contributed by atoms with E-state index in [1.807, 2.05) is 35.6 Å². The molecular weight excluding hydrogens is 502 g/mol. The van der Waals surface area contributed by atoms with Gasteiger partial charge in [-0.2, -0.15) is 0 Å². The molecule has 0 unspecified atom stereocenters. The maximum absolute atomic E-state index is 13.9. The molecule has 1 aromatic carbocycles. The van der Waals surface area contributed by atoms with Crippen molar-refractivity contribution >= 4 is 17.4 Å². The highest BCUT2D eigenvalue weighted by molar-refractivity contribution is 5.88. The lowest BCUT2D eigenvalue weighted by molar-refractivity contribution is -0.171. The molecule has 0 radical (unpaired) electrons. The van der Waals surface area contributed by atoms with E-state index in [1.165, 1.54) is 12.5 Å². The summed E-state index contributed by atoms with van der Waals surface area (Å²) in [5, 5.41) is 2.01. The lowest BCUT2D eigenvalue weighted by atomic mass is 9.46. The topological polar surface area (TPSA) is 69.0 Å². The molecule has 2 aromatic rings. The summed E-state index contributed by atoms with van der Waals surface area (Å²) in [6.07, 6.45) is 12.9. The number of ether oxygens (including phenoxy) is 1. The number of furan rings is 1. The lowest BCUT2D eigenvalue weighted by Gasteiger charge is -2.59. The number of allylic oxidation sites excluding steroid dienone is 1. The number of nitrogens with zero attached hydrogens (tertiary/aromatic N) is 1. The van der Waals surface area contributed by atoms with E-state index in [0.29, 0.717) is 17.8 Å². The van der Waals surface area contributed by atoms with Crippen molar-refractivity contribution in [1.29, 1.82) is 0 Å². The molecule has 7 rings (SSSR count). The van der Waals surface area contributed by atoms with E-state index < -0.39 is 5.60 Å². The van der Waals surface area contributed by atoms with Crippen LogP contribution in [-0.4, -0.2) is 23.5 Å². The second kappa shape index (κ2) is 9.07. The van der Waals surface area contributed by atoms with Crippen LogP contribution >= 0.6 is 0 Å². The van der Waals surface area contributed by atoms with Crippen molar-refractivity contribution in [3.8, 4) is 0 Å². The van der Waals surface area contributed by atoms with E-state index in [9.17, 15) is 9.59 Å². The fourth-order valence-electron chi connectivity index (χ4n) is 10.3. The molecule has 40 heavy (non-hydrogen) atoms. The SMILES string of the molecule is CC(=O)O[C@H]1CC[C@@]2(C)C(=CC[C@@H]3[C@@H]2CC[C@@]2(C)[C@H]3C[C@H]3[C@H](c4ccoc4)N(c4ccccc4)O[C@]32C(C)=O)C1. The number of anilines is 1. The maximum Gasteiger partial charge on any atom is 0.302 e. The highest BCUT2D eigenvalue weighted by atomic mass is 16.7. The molecule has 3 saturated carbocycles. The van der Waals surface area contributed by atoms with Crippen LogP contribution in [0.15, 0.2) is 65.0 Å². The summed E-state index contributed by atoms with van der Waals surface area (Å²) in [5.74, 6) is 1.48. The molecular formula is C34H41NO5. The third-order valence-electron chi connectivity index (χ3n) is 12.0. The number of fused-ring (bicyclic) bond motifs is 7. The van der Waals surface area contributed by atoms with Crippen LogP contribution in [0, 0.1) is 34.5 Å². The van der Waals surface area contributed by atoms with Gasteiger partial charge in [-0.05, 0) is 86.8 Å². The largest absolute Gasteiger partial charge is 0.472 e. The number of benzene rings is 1. The van der Waals surface area contributed by atoms with Gasteiger partial charge < -0.3 is 9.15 Å². The molecule has 5 aliphatic rings. The minimum atomic E-state index is -0.877. The number of carbonyl (C=O) groups is 2. The molecule has 1 aliphatic heterocycles. The molecule has 6 heteroatoms. The molecule has 212 valence electrons. The minimum Gasteiger partial charge on any atom is -0.472 e. The van der Waals surface area contributed by atoms with Gasteiger partial charge in [-0.15, -0.1) is 0 Å². The molecule has 1 saturated heterocycles. The highest BCUT2D eigenvalue weighted by Crippen LogP contribution is 2.73. The molecule has 1 aromatic heterocycles. The van der Waals surface area contributed by atoms with Gasteiger partial charge in [0.15, 0.2) is 11.4 Å². The van der Waals surface area contributed by atoms with Crippen LogP contribution in [-0.2, 0) is 19.2 Å². The Balaban J connectivity index is 1.27. The number of rotatable bonds is 4. The number of esters is 1. The highest BCUT2D eigenvalue weighted by Gasteiger charge is 2.75. The van der Waals surface area contributed by atoms with Crippen molar-refractivity contribution in [2.45, 2.75) is 90.4 Å². The third kappa shape index (κ3) is 3.44. The minimum absolute atomic E-state index is 0.00198. The Bertz CT molecular complexity index is 1340. The first-order valence-corrected chi connectivity index (χ1v) is 15.1. The average molecular weight is 544 g/mol. The van der Waals surface area contributed by atoms with Crippen molar-refractivity contribution in [2.75, 3.05) is 5.06 Å². The van der Waals surface area contributed by atoms with Crippen LogP contribution in [0.4, 0.5) is 5.69 Å². The summed E-state index contributed by atoms with van der Waals surface area (Å²) in [6, 6.07) is 12.1. The molecule has 0 N–H and O–H groups in total. The molecule has 4 fully saturated rings. The fourth-order valence-corrected chi connectivity index (χ4v) is 10.3. The van der Waals surface area contributed by atoms with Gasteiger partial charge in [-0.25, -0.2) is 5.06 Å². The normalized spacial score (nSPS) is 41.8. The number of hydrogen-bond acceptors (Lipinski definition) is 6. The fraction of sp³-hybridized carbons (Fsp3) is 0.588. The first-order chi connectivity index (χ1) is 19.2. The summed E-state index contributed by atoms with van der Waals surface area (Å²) in [5.41, 5.74) is 2.52. The van der Waals surface area contributed by atoms with E-state index in [2.05, 4.69) is 32.1 Å². The Morgan fingerprint density at radius 3 is 2.50 bits per heavy atom. The van der Waals surface area contributed by atoms with Crippen LogP contribution in [0.1, 0.15) is 84.2 Å². The quantitative estimate of drug-likeness (QED) is 0.300. The van der Waals surface area contributed by atoms with Crippen LogP contribution in [0.5, 0.6) is 0 Å². The Morgan fingerprint density at radius 2 is 1.80 bits per heavy atom. The molecule has 6 nitrogen and oxygen atoms in total. The summed E-state index contributed by atoms with van der Waals surface area (Å²) in [7, 11) is 0. The van der Waals surface area contributed by atoms with Gasteiger partial charge in [-0.1, -0.05) is 43.7 Å². The molecule has 0 amide bonds. The van der Waals surface area contributed by atoms with Crippen molar-refractivity contribution in [1.82, 2.24) is 0 Å². The number of hydroxylamine groups is 1. The van der Waals surface area contributed by atoms with Gasteiger partial charge in [-0.3, -0.25) is 14.4 Å². The first-order valence-electron chi connectivity index (χ1n) is 15.1.